The quantitative estimate of drug-likeness (QED) is 0.502. The van der Waals surface area contributed by atoms with Gasteiger partial charge in [0, 0.05) is 10.9 Å². The van der Waals surface area contributed by atoms with E-state index in [1.165, 1.54) is 4.88 Å². The van der Waals surface area contributed by atoms with Crippen molar-refractivity contribution in [3.05, 3.63) is 22.7 Å². The molecule has 0 radical (unpaired) electrons. The molecular formula is C26H39N5O3S2. The zero-order valence-electron chi connectivity index (χ0n) is 21.6. The molecule has 1 saturated carbocycles. The summed E-state index contributed by atoms with van der Waals surface area (Å²) < 4.78 is 27.3. The summed E-state index contributed by atoms with van der Waals surface area (Å²) in [6.45, 7) is 6.17. The van der Waals surface area contributed by atoms with Gasteiger partial charge in [-0.05, 0) is 95.5 Å². The molecule has 3 aliphatic rings. The maximum atomic E-state index is 13.7. The van der Waals surface area contributed by atoms with Crippen LogP contribution in [0.1, 0.15) is 69.4 Å². The predicted molar refractivity (Wildman–Crippen MR) is 145 cm³/mol. The maximum absolute atomic E-state index is 13.7. The van der Waals surface area contributed by atoms with E-state index in [0.717, 1.165) is 68.9 Å². The number of sulfone groups is 1. The van der Waals surface area contributed by atoms with Gasteiger partial charge in [0.05, 0.1) is 21.9 Å². The van der Waals surface area contributed by atoms with Crippen molar-refractivity contribution in [3.63, 3.8) is 0 Å². The number of nitrogens with zero attached hydrogens (tertiary/aromatic N) is 3. The first kappa shape index (κ1) is 25.9. The highest BCUT2D eigenvalue weighted by molar-refractivity contribution is 7.92. The number of aryl methyl sites for hydroxylation is 1. The smallest absolute Gasteiger partial charge is 0.188 e. The Morgan fingerprint density at radius 3 is 2.47 bits per heavy atom. The standard InChI is InChI=1S/C26H39N5O3S2/c1-26(2)11-8-21-22(16-26)35-25(28-21)30-24-15-20(36(33,34)19-9-12-31(3)13-10-19)14-23(29-24)27-17-4-6-18(32)7-5-17/h14-15,17-19,32H,4-13,16H2,1-3H3,(H2,27,28,29,30). The molecule has 2 aromatic rings. The molecule has 1 aliphatic heterocycles. The molecule has 8 nitrogen and oxygen atoms in total. The summed E-state index contributed by atoms with van der Waals surface area (Å²) in [7, 11) is -1.46. The topological polar surface area (TPSA) is 107 Å². The van der Waals surface area contributed by atoms with Crippen LogP contribution in [0.5, 0.6) is 0 Å². The van der Waals surface area contributed by atoms with Crippen molar-refractivity contribution in [1.82, 2.24) is 14.9 Å². The molecule has 0 bridgehead atoms. The Morgan fingerprint density at radius 2 is 1.75 bits per heavy atom. The Hall–Kier alpha value is -1.75. The summed E-state index contributed by atoms with van der Waals surface area (Å²) in [5, 5.41) is 17.1. The molecule has 0 spiro atoms. The summed E-state index contributed by atoms with van der Waals surface area (Å²) in [5.74, 6) is 1.07. The van der Waals surface area contributed by atoms with Gasteiger partial charge in [-0.25, -0.2) is 18.4 Å². The molecule has 0 amide bonds. The number of hydrogen-bond donors (Lipinski definition) is 3. The average Bonchev–Trinajstić information content (AvgIpc) is 3.21. The number of aromatic nitrogens is 2. The third-order valence-corrected chi connectivity index (χ3v) is 11.2. The van der Waals surface area contributed by atoms with Crippen LogP contribution < -0.4 is 10.6 Å². The van der Waals surface area contributed by atoms with Crippen molar-refractivity contribution < 1.29 is 13.5 Å². The lowest BCUT2D eigenvalue weighted by atomic mass is 9.79. The van der Waals surface area contributed by atoms with Crippen LogP contribution in [0.15, 0.2) is 17.0 Å². The fraction of sp³-hybridized carbons (Fsp3) is 0.692. The zero-order valence-corrected chi connectivity index (χ0v) is 23.2. The summed E-state index contributed by atoms with van der Waals surface area (Å²) >= 11 is 1.65. The highest BCUT2D eigenvalue weighted by Crippen LogP contribution is 2.39. The van der Waals surface area contributed by atoms with E-state index in [1.807, 2.05) is 7.05 Å². The second-order valence-electron chi connectivity index (χ2n) is 11.6. The highest BCUT2D eigenvalue weighted by atomic mass is 32.2. The number of pyridine rings is 1. The van der Waals surface area contributed by atoms with Gasteiger partial charge < -0.3 is 20.6 Å². The third kappa shape index (κ3) is 5.87. The Kier molecular flexibility index (Phi) is 7.33. The first-order valence-corrected chi connectivity index (χ1v) is 15.6. The minimum absolute atomic E-state index is 0.171. The van der Waals surface area contributed by atoms with Crippen molar-refractivity contribution in [1.29, 1.82) is 0 Å². The number of anilines is 3. The van der Waals surface area contributed by atoms with E-state index in [0.29, 0.717) is 29.4 Å². The number of aliphatic hydroxyl groups is 1. The first-order valence-electron chi connectivity index (χ1n) is 13.2. The van der Waals surface area contributed by atoms with Crippen molar-refractivity contribution in [3.8, 4) is 0 Å². The lowest BCUT2D eigenvalue weighted by Crippen LogP contribution is -2.37. The fourth-order valence-electron chi connectivity index (χ4n) is 5.58. The van der Waals surface area contributed by atoms with E-state index in [4.69, 9.17) is 9.97 Å². The van der Waals surface area contributed by atoms with Gasteiger partial charge in [0.15, 0.2) is 15.0 Å². The molecule has 198 valence electrons. The van der Waals surface area contributed by atoms with Gasteiger partial charge in [-0.2, -0.15) is 0 Å². The molecule has 10 heteroatoms. The molecule has 0 aromatic carbocycles. The maximum Gasteiger partial charge on any atom is 0.188 e. The van der Waals surface area contributed by atoms with Crippen molar-refractivity contribution in [2.24, 2.45) is 5.41 Å². The van der Waals surface area contributed by atoms with Crippen LogP contribution in [0.2, 0.25) is 0 Å². The Morgan fingerprint density at radius 1 is 1.06 bits per heavy atom. The monoisotopic (exact) mass is 533 g/mol. The minimum Gasteiger partial charge on any atom is -0.393 e. The van der Waals surface area contributed by atoms with Gasteiger partial charge in [0.2, 0.25) is 0 Å². The van der Waals surface area contributed by atoms with E-state index in [1.54, 1.807) is 23.5 Å². The Labute approximate surface area is 218 Å². The van der Waals surface area contributed by atoms with Gasteiger partial charge in [-0.15, -0.1) is 11.3 Å². The van der Waals surface area contributed by atoms with Crippen LogP contribution in [-0.4, -0.2) is 65.9 Å². The van der Waals surface area contributed by atoms with Gasteiger partial charge in [-0.1, -0.05) is 13.8 Å². The van der Waals surface area contributed by atoms with Crippen LogP contribution in [0.4, 0.5) is 16.8 Å². The number of rotatable bonds is 6. The molecule has 0 atom stereocenters. The summed E-state index contributed by atoms with van der Waals surface area (Å²) in [4.78, 5) is 13.4. The molecule has 36 heavy (non-hydrogen) atoms. The lowest BCUT2D eigenvalue weighted by molar-refractivity contribution is 0.126. The van der Waals surface area contributed by atoms with Gasteiger partial charge in [0.1, 0.15) is 11.6 Å². The van der Waals surface area contributed by atoms with Crippen LogP contribution in [0.3, 0.4) is 0 Å². The largest absolute Gasteiger partial charge is 0.393 e. The molecule has 1 saturated heterocycles. The second kappa shape index (κ2) is 10.2. The van der Waals surface area contributed by atoms with E-state index in [9.17, 15) is 13.5 Å². The van der Waals surface area contributed by atoms with Gasteiger partial charge in [-0.3, -0.25) is 0 Å². The summed E-state index contributed by atoms with van der Waals surface area (Å²) in [5.41, 5.74) is 1.43. The van der Waals surface area contributed by atoms with Crippen LogP contribution in [-0.2, 0) is 22.7 Å². The molecule has 2 aromatic heterocycles. The molecule has 5 rings (SSSR count). The molecule has 3 N–H and O–H groups in total. The second-order valence-corrected chi connectivity index (χ2v) is 14.9. The number of piperidine rings is 1. The number of thiazole rings is 1. The average molecular weight is 534 g/mol. The molecule has 2 aliphatic carbocycles. The van der Waals surface area contributed by atoms with Crippen LogP contribution in [0.25, 0.3) is 0 Å². The van der Waals surface area contributed by atoms with E-state index < -0.39 is 9.84 Å². The highest BCUT2D eigenvalue weighted by Gasteiger charge is 2.32. The van der Waals surface area contributed by atoms with Crippen molar-refractivity contribution >= 4 is 37.9 Å². The SMILES string of the molecule is CN1CCC(S(=O)(=O)c2cc(Nc3nc4c(s3)CC(C)(C)CC4)nc(NC3CCC(O)CC3)c2)CC1. The van der Waals surface area contributed by atoms with Crippen molar-refractivity contribution in [2.45, 2.75) is 93.9 Å². The van der Waals surface area contributed by atoms with Crippen LogP contribution >= 0.6 is 11.3 Å². The predicted octanol–water partition coefficient (Wildman–Crippen LogP) is 4.38. The molecule has 3 heterocycles. The molecular weight excluding hydrogens is 494 g/mol. The normalized spacial score (nSPS) is 25.3. The van der Waals surface area contributed by atoms with E-state index in [2.05, 4.69) is 29.4 Å². The number of hydrogen-bond acceptors (Lipinski definition) is 9. The fourth-order valence-corrected chi connectivity index (χ4v) is 8.63. The number of nitrogens with one attached hydrogen (secondary N) is 2. The lowest BCUT2D eigenvalue weighted by Gasteiger charge is -2.29. The third-order valence-electron chi connectivity index (χ3n) is 7.97. The van der Waals surface area contributed by atoms with Crippen molar-refractivity contribution in [2.75, 3.05) is 30.8 Å². The molecule has 0 unspecified atom stereocenters. The number of fused-ring (bicyclic) bond motifs is 1. The van der Waals surface area contributed by atoms with Gasteiger partial charge >= 0.3 is 0 Å². The minimum atomic E-state index is -3.49. The van der Waals surface area contributed by atoms with E-state index in [-0.39, 0.29) is 22.8 Å². The molecule has 2 fully saturated rings. The van der Waals surface area contributed by atoms with E-state index >= 15 is 0 Å². The first-order chi connectivity index (χ1) is 17.1. The summed E-state index contributed by atoms with van der Waals surface area (Å²) in [6, 6.07) is 3.54. The Balaban J connectivity index is 1.43. The zero-order chi connectivity index (χ0) is 25.5. The number of likely N-dealkylation sites (tertiary alicyclic amines) is 1. The van der Waals surface area contributed by atoms with Crippen LogP contribution in [0, 0.1) is 5.41 Å². The van der Waals surface area contributed by atoms with Gasteiger partial charge in [0.25, 0.3) is 0 Å². The number of aliphatic hydroxyl groups excluding tert-OH is 1. The Bertz CT molecular complexity index is 1180. The summed E-state index contributed by atoms with van der Waals surface area (Å²) in [6.07, 6.45) is 7.32.